The van der Waals surface area contributed by atoms with Crippen molar-refractivity contribution in [2.45, 2.75) is 19.5 Å². The second kappa shape index (κ2) is 3.86. The van der Waals surface area contributed by atoms with Gasteiger partial charge in [-0.3, -0.25) is 9.36 Å². The molecule has 0 bridgehead atoms. The second-order valence-electron chi connectivity index (χ2n) is 3.52. The van der Waals surface area contributed by atoms with Crippen LogP contribution in [0.5, 0.6) is 0 Å². The van der Waals surface area contributed by atoms with E-state index < -0.39 is 0 Å². The summed E-state index contributed by atoms with van der Waals surface area (Å²) in [4.78, 5) is 0. The van der Waals surface area contributed by atoms with E-state index in [1.807, 2.05) is 37.1 Å². The van der Waals surface area contributed by atoms with Crippen LogP contribution in [0.1, 0.15) is 24.2 Å². The van der Waals surface area contributed by atoms with Gasteiger partial charge in [0.15, 0.2) is 0 Å². The molecular weight excluding hydrogens is 190 g/mol. The van der Waals surface area contributed by atoms with E-state index in [4.69, 9.17) is 5.73 Å². The van der Waals surface area contributed by atoms with Gasteiger partial charge >= 0.3 is 0 Å². The maximum Gasteiger partial charge on any atom is 0.0838 e. The van der Waals surface area contributed by atoms with Gasteiger partial charge in [0.25, 0.3) is 0 Å². The highest BCUT2D eigenvalue weighted by Crippen LogP contribution is 2.16. The minimum atomic E-state index is -0.188. The number of aryl methyl sites for hydroxylation is 2. The van der Waals surface area contributed by atoms with Crippen molar-refractivity contribution in [1.29, 1.82) is 0 Å². The fourth-order valence-electron chi connectivity index (χ4n) is 1.48. The number of hydrogen-bond donors (Lipinski definition) is 1. The molecule has 0 radical (unpaired) electrons. The number of aromatic nitrogens is 4. The normalized spacial score (nSPS) is 13.0. The highest BCUT2D eigenvalue weighted by atomic mass is 15.3. The van der Waals surface area contributed by atoms with Crippen molar-refractivity contribution < 1.29 is 0 Å². The second-order valence-corrected chi connectivity index (χ2v) is 3.52. The standard InChI is InChI=1S/C10H15N5/c1-3-15-7-8(6-12-15)10(11)9-4-5-14(2)13-9/h4-7,10H,3,11H2,1-2H3. The third kappa shape index (κ3) is 1.92. The fourth-order valence-corrected chi connectivity index (χ4v) is 1.48. The first kappa shape index (κ1) is 9.92. The zero-order chi connectivity index (χ0) is 10.8. The van der Waals surface area contributed by atoms with Gasteiger partial charge in [-0.15, -0.1) is 0 Å². The van der Waals surface area contributed by atoms with E-state index in [1.165, 1.54) is 0 Å². The van der Waals surface area contributed by atoms with Crippen molar-refractivity contribution in [3.8, 4) is 0 Å². The van der Waals surface area contributed by atoms with Crippen LogP contribution < -0.4 is 5.73 Å². The minimum absolute atomic E-state index is 0.188. The number of rotatable bonds is 3. The maximum atomic E-state index is 6.07. The summed E-state index contributed by atoms with van der Waals surface area (Å²) >= 11 is 0. The number of nitrogens with two attached hydrogens (primary N) is 1. The summed E-state index contributed by atoms with van der Waals surface area (Å²) in [5.74, 6) is 0. The summed E-state index contributed by atoms with van der Waals surface area (Å²) in [5, 5.41) is 8.47. The summed E-state index contributed by atoms with van der Waals surface area (Å²) in [6, 6.07) is 1.74. The molecule has 2 N–H and O–H groups in total. The molecule has 2 rings (SSSR count). The zero-order valence-electron chi connectivity index (χ0n) is 8.96. The van der Waals surface area contributed by atoms with E-state index in [9.17, 15) is 0 Å². The molecule has 0 spiro atoms. The Labute approximate surface area is 88.5 Å². The Bertz CT molecular complexity index is 442. The van der Waals surface area contributed by atoms with Crippen LogP contribution in [0.25, 0.3) is 0 Å². The smallest absolute Gasteiger partial charge is 0.0838 e. The zero-order valence-corrected chi connectivity index (χ0v) is 8.96. The first-order valence-corrected chi connectivity index (χ1v) is 4.98. The Balaban J connectivity index is 2.23. The summed E-state index contributed by atoms with van der Waals surface area (Å²) < 4.78 is 3.61. The molecule has 5 nitrogen and oxygen atoms in total. The Morgan fingerprint density at radius 1 is 1.53 bits per heavy atom. The highest BCUT2D eigenvalue weighted by molar-refractivity contribution is 5.21. The van der Waals surface area contributed by atoms with Gasteiger partial charge in [0.2, 0.25) is 0 Å². The molecule has 0 aromatic carbocycles. The predicted octanol–water partition coefficient (Wildman–Crippen LogP) is 0.685. The van der Waals surface area contributed by atoms with Crippen LogP contribution >= 0.6 is 0 Å². The van der Waals surface area contributed by atoms with Gasteiger partial charge in [0.05, 0.1) is 17.9 Å². The molecule has 0 saturated heterocycles. The van der Waals surface area contributed by atoms with Gasteiger partial charge in [-0.2, -0.15) is 10.2 Å². The summed E-state index contributed by atoms with van der Waals surface area (Å²) in [6.07, 6.45) is 5.64. The lowest BCUT2D eigenvalue weighted by Gasteiger charge is -2.04. The van der Waals surface area contributed by atoms with Crippen LogP contribution in [0.15, 0.2) is 24.7 Å². The SMILES string of the molecule is CCn1cc(C(N)c2ccn(C)n2)cn1. The first-order chi connectivity index (χ1) is 7.20. The Kier molecular flexibility index (Phi) is 2.55. The molecule has 0 aliphatic heterocycles. The van der Waals surface area contributed by atoms with Crippen molar-refractivity contribution in [1.82, 2.24) is 19.6 Å². The third-order valence-electron chi connectivity index (χ3n) is 2.39. The van der Waals surface area contributed by atoms with Crippen LogP contribution in [-0.2, 0) is 13.6 Å². The quantitative estimate of drug-likeness (QED) is 0.801. The van der Waals surface area contributed by atoms with Crippen LogP contribution in [0.3, 0.4) is 0 Å². The molecule has 0 aliphatic carbocycles. The molecule has 2 aromatic rings. The van der Waals surface area contributed by atoms with Crippen LogP contribution in [-0.4, -0.2) is 19.6 Å². The molecule has 1 atom stereocenters. The van der Waals surface area contributed by atoms with Crippen molar-refractivity contribution in [2.24, 2.45) is 12.8 Å². The predicted molar refractivity (Wildman–Crippen MR) is 57.1 cm³/mol. The largest absolute Gasteiger partial charge is 0.319 e. The van der Waals surface area contributed by atoms with Gasteiger partial charge in [-0.05, 0) is 13.0 Å². The van der Waals surface area contributed by atoms with E-state index in [1.54, 1.807) is 10.9 Å². The van der Waals surface area contributed by atoms with Gasteiger partial charge in [-0.25, -0.2) is 0 Å². The van der Waals surface area contributed by atoms with Crippen LogP contribution in [0.2, 0.25) is 0 Å². The van der Waals surface area contributed by atoms with E-state index in [0.29, 0.717) is 0 Å². The summed E-state index contributed by atoms with van der Waals surface area (Å²) in [6.45, 7) is 2.90. The fraction of sp³-hybridized carbons (Fsp3) is 0.400. The molecule has 80 valence electrons. The van der Waals surface area contributed by atoms with Gasteiger partial charge < -0.3 is 5.73 Å². The highest BCUT2D eigenvalue weighted by Gasteiger charge is 2.13. The molecule has 0 amide bonds. The van der Waals surface area contributed by atoms with E-state index in [2.05, 4.69) is 10.2 Å². The Morgan fingerprint density at radius 2 is 2.33 bits per heavy atom. The van der Waals surface area contributed by atoms with Crippen molar-refractivity contribution >= 4 is 0 Å². The van der Waals surface area contributed by atoms with Gasteiger partial charge in [0, 0.05) is 31.5 Å². The minimum Gasteiger partial charge on any atom is -0.319 e. The van der Waals surface area contributed by atoms with Gasteiger partial charge in [-0.1, -0.05) is 0 Å². The average Bonchev–Trinajstić information content (AvgIpc) is 2.84. The molecule has 2 heterocycles. The monoisotopic (exact) mass is 205 g/mol. The maximum absolute atomic E-state index is 6.07. The lowest BCUT2D eigenvalue weighted by Crippen LogP contribution is -2.12. The van der Waals surface area contributed by atoms with Crippen molar-refractivity contribution in [3.05, 3.63) is 35.9 Å². The topological polar surface area (TPSA) is 61.7 Å². The van der Waals surface area contributed by atoms with E-state index >= 15 is 0 Å². The molecule has 0 saturated carbocycles. The average molecular weight is 205 g/mol. The number of hydrogen-bond acceptors (Lipinski definition) is 3. The van der Waals surface area contributed by atoms with Crippen LogP contribution in [0.4, 0.5) is 0 Å². The first-order valence-electron chi connectivity index (χ1n) is 4.98. The van der Waals surface area contributed by atoms with E-state index in [-0.39, 0.29) is 6.04 Å². The molecule has 0 aliphatic rings. The van der Waals surface area contributed by atoms with Crippen LogP contribution in [0, 0.1) is 0 Å². The Hall–Kier alpha value is -1.62. The van der Waals surface area contributed by atoms with Gasteiger partial charge in [0.1, 0.15) is 0 Å². The lowest BCUT2D eigenvalue weighted by atomic mass is 10.1. The number of nitrogens with zero attached hydrogens (tertiary/aromatic N) is 4. The molecule has 0 fully saturated rings. The molecule has 1 unspecified atom stereocenters. The third-order valence-corrected chi connectivity index (χ3v) is 2.39. The molecule has 2 aromatic heterocycles. The lowest BCUT2D eigenvalue weighted by molar-refractivity contribution is 0.657. The molecular formula is C10H15N5. The molecule has 15 heavy (non-hydrogen) atoms. The van der Waals surface area contributed by atoms with Crippen molar-refractivity contribution in [3.63, 3.8) is 0 Å². The van der Waals surface area contributed by atoms with Crippen molar-refractivity contribution in [2.75, 3.05) is 0 Å². The summed E-state index contributed by atoms with van der Waals surface area (Å²) in [5.41, 5.74) is 7.93. The molecule has 5 heteroatoms. The Morgan fingerprint density at radius 3 is 2.87 bits per heavy atom. The van der Waals surface area contributed by atoms with E-state index in [0.717, 1.165) is 17.8 Å². The summed E-state index contributed by atoms with van der Waals surface area (Å²) in [7, 11) is 1.88.